The van der Waals surface area contributed by atoms with Crippen LogP contribution in [0.1, 0.15) is 32.8 Å². The molecule has 3 atom stereocenters. The Labute approximate surface area is 127 Å². The van der Waals surface area contributed by atoms with Crippen molar-refractivity contribution in [2.45, 2.75) is 44.0 Å². The smallest absolute Gasteiger partial charge is 0.207 e. The largest absolute Gasteiger partial charge is 0.243 e. The molecular weight excluding hydrogens is 294 g/mol. The summed E-state index contributed by atoms with van der Waals surface area (Å²) in [6.07, 6.45) is 1.08. The van der Waals surface area contributed by atoms with Gasteiger partial charge in [-0.1, -0.05) is 26.0 Å². The van der Waals surface area contributed by atoms with Crippen LogP contribution < -0.4 is 0 Å². The van der Waals surface area contributed by atoms with Crippen molar-refractivity contribution < 1.29 is 8.42 Å². The zero-order chi connectivity index (χ0) is 14.9. The van der Waals surface area contributed by atoms with Gasteiger partial charge in [-0.2, -0.15) is 4.31 Å². The standard InChI is InChI=1S/C15H22ClNO2S/c1-11-8-12(2)13(3)17(10-11)20(18,19)15-6-4-14(9-16)5-7-15/h4-7,11-13H,8-10H2,1-3H3. The number of hydrogen-bond donors (Lipinski definition) is 0. The van der Waals surface area contributed by atoms with Crippen LogP contribution in [0.4, 0.5) is 0 Å². The molecule has 0 saturated carbocycles. The summed E-state index contributed by atoms with van der Waals surface area (Å²) in [7, 11) is -3.41. The lowest BCUT2D eigenvalue weighted by Crippen LogP contribution is -2.48. The van der Waals surface area contributed by atoms with E-state index in [1.807, 2.05) is 6.92 Å². The average Bonchev–Trinajstić information content (AvgIpc) is 2.42. The highest BCUT2D eigenvalue weighted by Gasteiger charge is 2.36. The molecule has 0 radical (unpaired) electrons. The number of sulfonamides is 1. The second-order valence-electron chi connectivity index (χ2n) is 5.91. The molecule has 2 rings (SSSR count). The summed E-state index contributed by atoms with van der Waals surface area (Å²) in [5.74, 6) is 1.18. The van der Waals surface area contributed by atoms with Gasteiger partial charge >= 0.3 is 0 Å². The molecule has 0 amide bonds. The van der Waals surface area contributed by atoms with Gasteiger partial charge in [-0.25, -0.2) is 8.42 Å². The molecular formula is C15H22ClNO2S. The number of rotatable bonds is 3. The van der Waals surface area contributed by atoms with Gasteiger partial charge in [-0.3, -0.25) is 0 Å². The number of hydrogen-bond acceptors (Lipinski definition) is 2. The van der Waals surface area contributed by atoms with E-state index in [2.05, 4.69) is 13.8 Å². The summed E-state index contributed by atoms with van der Waals surface area (Å²) in [5.41, 5.74) is 0.930. The number of halogens is 1. The van der Waals surface area contributed by atoms with Gasteiger partial charge in [0.2, 0.25) is 10.0 Å². The van der Waals surface area contributed by atoms with Gasteiger partial charge in [0.05, 0.1) is 4.90 Å². The topological polar surface area (TPSA) is 37.4 Å². The Morgan fingerprint density at radius 1 is 1.20 bits per heavy atom. The Kier molecular flexibility index (Phi) is 4.77. The molecule has 20 heavy (non-hydrogen) atoms. The third kappa shape index (κ3) is 3.02. The summed E-state index contributed by atoms with van der Waals surface area (Å²) in [4.78, 5) is 0.361. The first-order valence-corrected chi connectivity index (χ1v) is 9.00. The quantitative estimate of drug-likeness (QED) is 0.801. The zero-order valence-electron chi connectivity index (χ0n) is 12.2. The van der Waals surface area contributed by atoms with Crippen molar-refractivity contribution in [3.8, 4) is 0 Å². The molecule has 1 saturated heterocycles. The Bertz CT molecular complexity index is 556. The van der Waals surface area contributed by atoms with E-state index in [0.717, 1.165) is 12.0 Å². The fraction of sp³-hybridized carbons (Fsp3) is 0.600. The molecule has 1 fully saturated rings. The van der Waals surface area contributed by atoms with Gasteiger partial charge in [0.1, 0.15) is 0 Å². The van der Waals surface area contributed by atoms with Crippen molar-refractivity contribution in [1.82, 2.24) is 4.31 Å². The van der Waals surface area contributed by atoms with Crippen LogP contribution in [0.15, 0.2) is 29.2 Å². The van der Waals surface area contributed by atoms with E-state index in [-0.39, 0.29) is 6.04 Å². The molecule has 1 aromatic rings. The van der Waals surface area contributed by atoms with Crippen molar-refractivity contribution in [1.29, 1.82) is 0 Å². The van der Waals surface area contributed by atoms with E-state index in [4.69, 9.17) is 11.6 Å². The highest BCUT2D eigenvalue weighted by molar-refractivity contribution is 7.89. The van der Waals surface area contributed by atoms with Gasteiger partial charge in [0, 0.05) is 18.5 Å². The normalized spacial score (nSPS) is 28.5. The van der Waals surface area contributed by atoms with Crippen LogP contribution in [0.3, 0.4) is 0 Å². The summed E-state index contributed by atoms with van der Waals surface area (Å²) in [5, 5.41) is 0. The molecule has 112 valence electrons. The molecule has 3 nitrogen and oxygen atoms in total. The SMILES string of the molecule is CC1CC(C)C(C)N(S(=O)(=O)c2ccc(CCl)cc2)C1. The van der Waals surface area contributed by atoms with Crippen LogP contribution in [0.25, 0.3) is 0 Å². The lowest BCUT2D eigenvalue weighted by molar-refractivity contribution is 0.157. The molecule has 3 unspecified atom stereocenters. The first kappa shape index (κ1) is 15.8. The number of alkyl halides is 1. The third-order valence-corrected chi connectivity index (χ3v) is 6.50. The average molecular weight is 316 g/mol. The number of piperidine rings is 1. The molecule has 0 aliphatic carbocycles. The van der Waals surface area contributed by atoms with Crippen molar-refractivity contribution >= 4 is 21.6 Å². The Balaban J connectivity index is 2.32. The summed E-state index contributed by atoms with van der Waals surface area (Å²) < 4.78 is 27.2. The highest BCUT2D eigenvalue weighted by Crippen LogP contribution is 2.31. The van der Waals surface area contributed by atoms with Crippen LogP contribution in [0.5, 0.6) is 0 Å². The fourth-order valence-corrected chi connectivity index (χ4v) is 4.89. The Hall–Kier alpha value is -0.580. The van der Waals surface area contributed by atoms with Crippen molar-refractivity contribution in [3.05, 3.63) is 29.8 Å². The van der Waals surface area contributed by atoms with Gasteiger partial charge in [-0.15, -0.1) is 11.6 Å². The van der Waals surface area contributed by atoms with Gasteiger partial charge in [-0.05, 0) is 42.9 Å². The van der Waals surface area contributed by atoms with E-state index in [9.17, 15) is 8.42 Å². The van der Waals surface area contributed by atoms with Gasteiger partial charge < -0.3 is 0 Å². The van der Waals surface area contributed by atoms with Gasteiger partial charge in [0.15, 0.2) is 0 Å². The summed E-state index contributed by atoms with van der Waals surface area (Å²) in [6, 6.07) is 6.92. The minimum Gasteiger partial charge on any atom is -0.207 e. The van der Waals surface area contributed by atoms with E-state index >= 15 is 0 Å². The van der Waals surface area contributed by atoms with E-state index in [0.29, 0.717) is 29.2 Å². The van der Waals surface area contributed by atoms with Crippen LogP contribution in [0.2, 0.25) is 0 Å². The van der Waals surface area contributed by atoms with Crippen molar-refractivity contribution in [2.75, 3.05) is 6.54 Å². The van der Waals surface area contributed by atoms with Crippen LogP contribution in [-0.2, 0) is 15.9 Å². The summed E-state index contributed by atoms with van der Waals surface area (Å²) >= 11 is 5.74. The van der Waals surface area contributed by atoms with Gasteiger partial charge in [0.25, 0.3) is 0 Å². The van der Waals surface area contributed by atoms with Crippen LogP contribution in [0, 0.1) is 11.8 Å². The van der Waals surface area contributed by atoms with Crippen molar-refractivity contribution in [3.63, 3.8) is 0 Å². The van der Waals surface area contributed by atoms with E-state index < -0.39 is 10.0 Å². The Morgan fingerprint density at radius 3 is 2.35 bits per heavy atom. The second kappa shape index (κ2) is 6.04. The summed E-state index contributed by atoms with van der Waals surface area (Å²) in [6.45, 7) is 6.84. The molecule has 1 aliphatic heterocycles. The second-order valence-corrected chi connectivity index (χ2v) is 8.07. The Morgan fingerprint density at radius 2 is 1.80 bits per heavy atom. The first-order chi connectivity index (χ1) is 9.36. The number of benzene rings is 1. The molecule has 0 N–H and O–H groups in total. The van der Waals surface area contributed by atoms with E-state index in [1.54, 1.807) is 28.6 Å². The maximum absolute atomic E-state index is 12.8. The minimum absolute atomic E-state index is 0.0453. The molecule has 5 heteroatoms. The zero-order valence-corrected chi connectivity index (χ0v) is 13.8. The van der Waals surface area contributed by atoms with Crippen molar-refractivity contribution in [2.24, 2.45) is 11.8 Å². The molecule has 0 bridgehead atoms. The molecule has 0 spiro atoms. The molecule has 1 heterocycles. The minimum atomic E-state index is -3.41. The number of nitrogens with zero attached hydrogens (tertiary/aromatic N) is 1. The fourth-order valence-electron chi connectivity index (χ4n) is 2.87. The monoisotopic (exact) mass is 315 g/mol. The van der Waals surface area contributed by atoms with Crippen LogP contribution in [-0.4, -0.2) is 25.3 Å². The molecule has 0 aromatic heterocycles. The molecule has 1 aliphatic rings. The third-order valence-electron chi connectivity index (χ3n) is 4.23. The predicted molar refractivity (Wildman–Crippen MR) is 82.3 cm³/mol. The maximum Gasteiger partial charge on any atom is 0.243 e. The maximum atomic E-state index is 12.8. The molecule has 1 aromatic carbocycles. The first-order valence-electron chi connectivity index (χ1n) is 7.03. The lowest BCUT2D eigenvalue weighted by atomic mass is 9.88. The van der Waals surface area contributed by atoms with Crippen LogP contribution >= 0.6 is 11.6 Å². The lowest BCUT2D eigenvalue weighted by Gasteiger charge is -2.40. The predicted octanol–water partition coefficient (Wildman–Crippen LogP) is 3.48. The highest BCUT2D eigenvalue weighted by atomic mass is 35.5. The van der Waals surface area contributed by atoms with E-state index in [1.165, 1.54) is 0 Å².